The van der Waals surface area contributed by atoms with Gasteiger partial charge in [0.1, 0.15) is 0 Å². The van der Waals surface area contributed by atoms with E-state index in [-0.39, 0.29) is 0 Å². The van der Waals surface area contributed by atoms with Crippen LogP contribution in [0.3, 0.4) is 0 Å². The minimum atomic E-state index is -4.00. The highest BCUT2D eigenvalue weighted by Crippen LogP contribution is 2.24. The molecule has 0 aliphatic heterocycles. The van der Waals surface area contributed by atoms with Crippen LogP contribution in [0, 0.1) is 0 Å². The average Bonchev–Trinajstić information content (AvgIpc) is 2.41. The van der Waals surface area contributed by atoms with Gasteiger partial charge in [-0.3, -0.25) is 76.4 Å². The molecule has 18 heteroatoms. The summed E-state index contributed by atoms with van der Waals surface area (Å²) in [5.74, 6) is -3.34. The van der Waals surface area contributed by atoms with Gasteiger partial charge in [0.15, 0.2) is 0 Å². The lowest BCUT2D eigenvalue weighted by Gasteiger charge is -2.14. The van der Waals surface area contributed by atoms with Crippen molar-refractivity contribution in [3.05, 3.63) is 34.9 Å². The zero-order valence-electron chi connectivity index (χ0n) is 13.5. The molecule has 0 unspecified atom stereocenters. The fourth-order valence-electron chi connectivity index (χ4n) is 1.69. The van der Waals surface area contributed by atoms with Crippen LogP contribution in [-0.2, 0) is 13.7 Å². The molecule has 150 valence electrons. The third kappa shape index (κ3) is 8.54. The molecule has 0 heterocycles. The summed E-state index contributed by atoms with van der Waals surface area (Å²) in [5.41, 5.74) is 29.0. The number of carbonyl (C=O) groups excluding carboxylic acids is 3. The summed E-state index contributed by atoms with van der Waals surface area (Å²) in [5, 5.41) is 5.29. The van der Waals surface area contributed by atoms with Crippen molar-refractivity contribution in [2.45, 2.75) is 0 Å². The summed E-state index contributed by atoms with van der Waals surface area (Å²) in [6.07, 6.45) is 0. The van der Waals surface area contributed by atoms with E-state index in [0.717, 1.165) is 18.2 Å². The first-order valence-corrected chi connectivity index (χ1v) is 12.1. The highest BCUT2D eigenvalue weighted by Gasteiger charge is 2.23. The third-order valence-electron chi connectivity index (χ3n) is 2.55. The van der Waals surface area contributed by atoms with Gasteiger partial charge in [0.25, 0.3) is 17.7 Å². The Kier molecular flexibility index (Phi) is 6.84. The minimum absolute atomic E-state index is 0.406. The first kappa shape index (κ1) is 23.1. The molecule has 15 nitrogen and oxygen atoms in total. The van der Waals surface area contributed by atoms with Crippen LogP contribution >= 0.6 is 22.8 Å². The van der Waals surface area contributed by atoms with Crippen LogP contribution in [-0.4, -0.2) is 17.7 Å². The van der Waals surface area contributed by atoms with Crippen LogP contribution in [0.4, 0.5) is 0 Å². The Morgan fingerprint density at radius 3 is 0.889 bits per heavy atom. The number of rotatable bonds is 6. The molecule has 0 bridgehead atoms. The Morgan fingerprint density at radius 2 is 0.741 bits per heavy atom. The predicted octanol–water partition coefficient (Wildman–Crippen LogP) is -2.05. The Morgan fingerprint density at radius 1 is 0.556 bits per heavy atom. The number of nitrogens with one attached hydrogen (secondary N) is 3. The van der Waals surface area contributed by atoms with Gasteiger partial charge < -0.3 is 0 Å². The van der Waals surface area contributed by atoms with Gasteiger partial charge in [-0.15, -0.1) is 0 Å². The number of nitrogens with two attached hydrogens (primary N) is 6. The lowest BCUT2D eigenvalue weighted by Crippen LogP contribution is -2.32. The molecule has 3 amide bonds. The largest absolute Gasteiger partial charge is 0.300 e. The summed E-state index contributed by atoms with van der Waals surface area (Å²) < 4.78 is 34.0. The van der Waals surface area contributed by atoms with E-state index in [1.807, 2.05) is 0 Å². The van der Waals surface area contributed by atoms with Gasteiger partial charge in [0.05, 0.1) is 0 Å². The van der Waals surface area contributed by atoms with E-state index in [1.54, 1.807) is 15.3 Å². The van der Waals surface area contributed by atoms with Crippen molar-refractivity contribution in [3.63, 3.8) is 0 Å². The van der Waals surface area contributed by atoms with Crippen molar-refractivity contribution in [1.82, 2.24) is 15.3 Å². The number of carbonyl (C=O) groups is 3. The van der Waals surface area contributed by atoms with E-state index in [2.05, 4.69) is 0 Å². The maximum atomic E-state index is 12.1. The van der Waals surface area contributed by atoms with Gasteiger partial charge in [0.2, 0.25) is 0 Å². The Labute approximate surface area is 152 Å². The normalized spacial score (nSPS) is 12.2. The topological polar surface area (TPSA) is 295 Å². The van der Waals surface area contributed by atoms with E-state index in [0.29, 0.717) is 0 Å². The number of hydrogen-bond donors (Lipinski definition) is 9. The Balaban J connectivity index is 3.42. The molecule has 0 aromatic heterocycles. The second-order valence-electron chi connectivity index (χ2n) is 5.25. The molecule has 0 saturated heterocycles. The van der Waals surface area contributed by atoms with Crippen molar-refractivity contribution in [1.29, 1.82) is 0 Å². The lowest BCUT2D eigenvalue weighted by atomic mass is 10.0. The summed E-state index contributed by atoms with van der Waals surface area (Å²) in [6.45, 7) is 0. The first-order chi connectivity index (χ1) is 12.0. The average molecular weight is 441 g/mol. The van der Waals surface area contributed by atoms with Crippen LogP contribution in [0.2, 0.25) is 0 Å². The van der Waals surface area contributed by atoms with Crippen molar-refractivity contribution >= 4 is 40.5 Å². The number of benzene rings is 1. The monoisotopic (exact) mass is 441 g/mol. The van der Waals surface area contributed by atoms with Crippen LogP contribution < -0.4 is 48.3 Å². The van der Waals surface area contributed by atoms with Crippen LogP contribution in [0.15, 0.2) is 18.2 Å². The summed E-state index contributed by atoms with van der Waals surface area (Å²) in [4.78, 5) is 36.2. The maximum absolute atomic E-state index is 12.1. The minimum Gasteiger partial charge on any atom is -0.279 e. The van der Waals surface area contributed by atoms with E-state index in [9.17, 15) is 28.1 Å². The molecular formula is C9H18N9O6P3. The van der Waals surface area contributed by atoms with Crippen molar-refractivity contribution < 1.29 is 28.1 Å². The van der Waals surface area contributed by atoms with Crippen molar-refractivity contribution in [2.24, 2.45) is 33.0 Å². The number of hydrogen-bond acceptors (Lipinski definition) is 6. The molecule has 27 heavy (non-hydrogen) atoms. The van der Waals surface area contributed by atoms with Crippen molar-refractivity contribution in [2.75, 3.05) is 0 Å². The summed E-state index contributed by atoms with van der Waals surface area (Å²) >= 11 is 0. The van der Waals surface area contributed by atoms with E-state index >= 15 is 0 Å². The highest BCUT2D eigenvalue weighted by atomic mass is 31.2. The molecule has 1 aromatic carbocycles. The second kappa shape index (κ2) is 7.98. The molecule has 0 spiro atoms. The fourth-order valence-corrected chi connectivity index (χ4v) is 3.03. The van der Waals surface area contributed by atoms with Gasteiger partial charge >= 0.3 is 22.8 Å². The molecule has 0 aliphatic rings. The standard InChI is InChI=1S/C9H18N9O6P3/c10-25(11,22)16-7(19)4-1-5(8(20)17-26(12,13)23)3-6(2-4)9(21)18-27(14,15)24/h1-3H,(H5,10,11,16,19,22)(H5,12,13,17,20,23)(H5,14,15,18,21,24). The van der Waals surface area contributed by atoms with Crippen LogP contribution in [0.5, 0.6) is 0 Å². The molecule has 0 atom stereocenters. The van der Waals surface area contributed by atoms with Crippen molar-refractivity contribution in [3.8, 4) is 0 Å². The molecular weight excluding hydrogens is 423 g/mol. The summed E-state index contributed by atoms with van der Waals surface area (Å²) in [6, 6.07) is 2.74. The zero-order valence-corrected chi connectivity index (χ0v) is 16.2. The van der Waals surface area contributed by atoms with Gasteiger partial charge in [0, 0.05) is 16.7 Å². The third-order valence-corrected chi connectivity index (χ3v) is 4.21. The quantitative estimate of drug-likeness (QED) is 0.216. The van der Waals surface area contributed by atoms with E-state index < -0.39 is 57.2 Å². The predicted molar refractivity (Wildman–Crippen MR) is 96.8 cm³/mol. The molecule has 15 N–H and O–H groups in total. The highest BCUT2D eigenvalue weighted by molar-refractivity contribution is 7.58. The summed E-state index contributed by atoms with van der Waals surface area (Å²) in [7, 11) is -12.0. The fraction of sp³-hybridized carbons (Fsp3) is 0. The van der Waals surface area contributed by atoms with E-state index in [1.165, 1.54) is 0 Å². The maximum Gasteiger partial charge on any atom is 0.300 e. The lowest BCUT2D eigenvalue weighted by molar-refractivity contribution is 0.0978. The van der Waals surface area contributed by atoms with Crippen LogP contribution in [0.25, 0.3) is 0 Å². The van der Waals surface area contributed by atoms with E-state index in [4.69, 9.17) is 33.0 Å². The van der Waals surface area contributed by atoms with Gasteiger partial charge in [-0.1, -0.05) is 0 Å². The first-order valence-electron chi connectivity index (χ1n) is 6.61. The Bertz CT molecular complexity index is 800. The van der Waals surface area contributed by atoms with Gasteiger partial charge in [-0.2, -0.15) is 0 Å². The second-order valence-corrected chi connectivity index (χ2v) is 10.2. The van der Waals surface area contributed by atoms with Gasteiger partial charge in [-0.25, -0.2) is 0 Å². The number of amides is 3. The zero-order chi connectivity index (χ0) is 21.2. The smallest absolute Gasteiger partial charge is 0.279 e. The molecule has 1 aromatic rings. The SMILES string of the molecule is NP(N)(=O)NC(=O)c1cc(C(=O)NP(N)(N)=O)cc(C(=O)NP(N)(N)=O)c1. The van der Waals surface area contributed by atoms with Gasteiger partial charge in [-0.05, 0) is 18.2 Å². The molecule has 0 saturated carbocycles. The molecule has 0 fully saturated rings. The van der Waals surface area contributed by atoms with Crippen LogP contribution in [0.1, 0.15) is 31.1 Å². The molecule has 0 radical (unpaired) electrons. The molecule has 0 aliphatic carbocycles. The molecule has 1 rings (SSSR count). The Hall–Kier alpha value is -1.92.